The molecule has 1 aromatic rings. The number of hydrogen-bond donors (Lipinski definition) is 2. The van der Waals surface area contributed by atoms with Crippen LogP contribution in [0.15, 0.2) is 29.4 Å². The van der Waals surface area contributed by atoms with E-state index in [2.05, 4.69) is 5.16 Å². The predicted octanol–water partition coefficient (Wildman–Crippen LogP) is 2.16. The summed E-state index contributed by atoms with van der Waals surface area (Å²) in [6.45, 7) is 2.28. The number of halogens is 1. The van der Waals surface area contributed by atoms with Gasteiger partial charge in [-0.3, -0.25) is 0 Å². The van der Waals surface area contributed by atoms with E-state index in [0.29, 0.717) is 17.2 Å². The van der Waals surface area contributed by atoms with Crippen LogP contribution < -0.4 is 5.73 Å². The van der Waals surface area contributed by atoms with Crippen LogP contribution in [0, 0.1) is 0 Å². The molecule has 0 saturated carbocycles. The second-order valence-electron chi connectivity index (χ2n) is 2.88. The number of oxime groups is 1. The molecule has 0 bridgehead atoms. The molecule has 3 N–H and O–H groups in total. The first kappa shape index (κ1) is 11.8. The van der Waals surface area contributed by atoms with Crippen LogP contribution in [-0.4, -0.2) is 17.6 Å². The van der Waals surface area contributed by atoms with Gasteiger partial charge in [0.05, 0.1) is 0 Å². The van der Waals surface area contributed by atoms with Crippen LogP contribution in [-0.2, 0) is 4.74 Å². The highest BCUT2D eigenvalue weighted by Gasteiger charge is 2.18. The molecule has 5 heteroatoms. The zero-order valence-corrected chi connectivity index (χ0v) is 9.11. The number of benzene rings is 1. The lowest BCUT2D eigenvalue weighted by Gasteiger charge is -2.16. The Balaban J connectivity index is 3.04. The molecule has 0 fully saturated rings. The molecule has 0 radical (unpaired) electrons. The number of nitrogens with two attached hydrogens (primary N) is 1. The predicted molar refractivity (Wildman–Crippen MR) is 59.2 cm³/mol. The van der Waals surface area contributed by atoms with Crippen molar-refractivity contribution in [2.24, 2.45) is 10.9 Å². The van der Waals surface area contributed by atoms with Crippen molar-refractivity contribution in [3.8, 4) is 0 Å². The third-order valence-corrected chi connectivity index (χ3v) is 2.25. The van der Waals surface area contributed by atoms with Gasteiger partial charge in [0, 0.05) is 17.2 Å². The monoisotopic (exact) mass is 228 g/mol. The van der Waals surface area contributed by atoms with E-state index >= 15 is 0 Å². The topological polar surface area (TPSA) is 67.8 Å². The third kappa shape index (κ3) is 2.84. The summed E-state index contributed by atoms with van der Waals surface area (Å²) in [5, 5.41) is 12.1. The Morgan fingerprint density at radius 2 is 2.27 bits per heavy atom. The molecule has 1 rings (SSSR count). The third-order valence-electron chi connectivity index (χ3n) is 1.91. The normalized spacial score (nSPS) is 13.9. The van der Waals surface area contributed by atoms with E-state index in [0.717, 1.165) is 0 Å². The van der Waals surface area contributed by atoms with Gasteiger partial charge in [0.2, 0.25) is 0 Å². The van der Waals surface area contributed by atoms with Crippen LogP contribution in [0.5, 0.6) is 0 Å². The Hall–Kier alpha value is -1.26. The van der Waals surface area contributed by atoms with Crippen molar-refractivity contribution in [3.63, 3.8) is 0 Å². The molecule has 0 aliphatic heterocycles. The van der Waals surface area contributed by atoms with Gasteiger partial charge in [-0.25, -0.2) is 0 Å². The standard InChI is InChI=1S/C10H13ClN2O2/c1-2-15-9(10(12)13-14)7-5-3-4-6-8(7)11/h3-6,9,14H,2H2,1H3,(H2,12,13)/t9-/m0/s1. The van der Waals surface area contributed by atoms with Crippen molar-refractivity contribution < 1.29 is 9.94 Å². The quantitative estimate of drug-likeness (QED) is 0.359. The van der Waals surface area contributed by atoms with Gasteiger partial charge in [-0.15, -0.1) is 0 Å². The van der Waals surface area contributed by atoms with Gasteiger partial charge < -0.3 is 15.7 Å². The van der Waals surface area contributed by atoms with E-state index in [1.54, 1.807) is 18.2 Å². The van der Waals surface area contributed by atoms with Crippen LogP contribution in [0.1, 0.15) is 18.6 Å². The Kier molecular flexibility index (Phi) is 4.39. The van der Waals surface area contributed by atoms with Gasteiger partial charge in [-0.2, -0.15) is 0 Å². The summed E-state index contributed by atoms with van der Waals surface area (Å²) in [5.74, 6) is -0.00931. The van der Waals surface area contributed by atoms with Gasteiger partial charge in [0.1, 0.15) is 6.10 Å². The lowest BCUT2D eigenvalue weighted by molar-refractivity contribution is 0.106. The highest BCUT2D eigenvalue weighted by molar-refractivity contribution is 6.31. The number of ether oxygens (including phenoxy) is 1. The molecule has 0 amide bonds. The molecule has 0 unspecified atom stereocenters. The Labute approximate surface area is 93.3 Å². The molecule has 15 heavy (non-hydrogen) atoms. The molecule has 0 heterocycles. The largest absolute Gasteiger partial charge is 0.409 e. The van der Waals surface area contributed by atoms with Gasteiger partial charge in [0.15, 0.2) is 5.84 Å². The van der Waals surface area contributed by atoms with Crippen LogP contribution in [0.2, 0.25) is 5.02 Å². The van der Waals surface area contributed by atoms with E-state index in [9.17, 15) is 0 Å². The van der Waals surface area contributed by atoms with Crippen molar-refractivity contribution >= 4 is 17.4 Å². The molecule has 0 spiro atoms. The first-order chi connectivity index (χ1) is 7.20. The van der Waals surface area contributed by atoms with E-state index in [1.807, 2.05) is 13.0 Å². The van der Waals surface area contributed by atoms with Crippen molar-refractivity contribution in [1.82, 2.24) is 0 Å². The van der Waals surface area contributed by atoms with E-state index in [4.69, 9.17) is 27.3 Å². The van der Waals surface area contributed by atoms with Crippen LogP contribution in [0.4, 0.5) is 0 Å². The van der Waals surface area contributed by atoms with E-state index < -0.39 is 6.10 Å². The molecule has 0 saturated heterocycles. The average Bonchev–Trinajstić information content (AvgIpc) is 2.26. The minimum absolute atomic E-state index is 0.00931. The minimum atomic E-state index is -0.603. The SMILES string of the molecule is CCO[C@H](/C(N)=N\O)c1ccccc1Cl. The first-order valence-electron chi connectivity index (χ1n) is 4.54. The molecular formula is C10H13ClN2O2. The summed E-state index contributed by atoms with van der Waals surface area (Å²) in [6, 6.07) is 7.13. The average molecular weight is 229 g/mol. The van der Waals surface area contributed by atoms with Gasteiger partial charge in [-0.05, 0) is 13.0 Å². The molecular weight excluding hydrogens is 216 g/mol. The molecule has 0 aliphatic rings. The summed E-state index contributed by atoms with van der Waals surface area (Å²) in [6.07, 6.45) is -0.603. The number of amidine groups is 1. The van der Waals surface area contributed by atoms with Crippen LogP contribution in [0.3, 0.4) is 0 Å². The zero-order chi connectivity index (χ0) is 11.3. The number of rotatable bonds is 4. The molecule has 0 aromatic heterocycles. The maximum absolute atomic E-state index is 8.62. The van der Waals surface area contributed by atoms with Gasteiger partial charge in [0.25, 0.3) is 0 Å². The summed E-state index contributed by atoms with van der Waals surface area (Å²) in [5.41, 5.74) is 6.21. The summed E-state index contributed by atoms with van der Waals surface area (Å²) in [7, 11) is 0. The number of hydrogen-bond acceptors (Lipinski definition) is 3. The minimum Gasteiger partial charge on any atom is -0.409 e. The summed E-state index contributed by atoms with van der Waals surface area (Å²) < 4.78 is 5.36. The second-order valence-corrected chi connectivity index (χ2v) is 3.29. The molecule has 4 nitrogen and oxygen atoms in total. The first-order valence-corrected chi connectivity index (χ1v) is 4.92. The molecule has 0 aliphatic carbocycles. The zero-order valence-electron chi connectivity index (χ0n) is 8.35. The molecule has 82 valence electrons. The fourth-order valence-corrected chi connectivity index (χ4v) is 1.48. The highest BCUT2D eigenvalue weighted by atomic mass is 35.5. The van der Waals surface area contributed by atoms with E-state index in [1.165, 1.54) is 0 Å². The maximum atomic E-state index is 8.62. The Morgan fingerprint density at radius 1 is 1.60 bits per heavy atom. The van der Waals surface area contributed by atoms with Crippen molar-refractivity contribution in [3.05, 3.63) is 34.9 Å². The van der Waals surface area contributed by atoms with Gasteiger partial charge >= 0.3 is 0 Å². The highest BCUT2D eigenvalue weighted by Crippen LogP contribution is 2.25. The maximum Gasteiger partial charge on any atom is 0.173 e. The lowest BCUT2D eigenvalue weighted by Crippen LogP contribution is -2.24. The van der Waals surface area contributed by atoms with Gasteiger partial charge in [-0.1, -0.05) is 35.0 Å². The Bertz CT molecular complexity index is 355. The van der Waals surface area contributed by atoms with Crippen molar-refractivity contribution in [2.75, 3.05) is 6.61 Å². The smallest absolute Gasteiger partial charge is 0.173 e. The van der Waals surface area contributed by atoms with Crippen LogP contribution in [0.25, 0.3) is 0 Å². The van der Waals surface area contributed by atoms with Crippen molar-refractivity contribution in [1.29, 1.82) is 0 Å². The van der Waals surface area contributed by atoms with Crippen molar-refractivity contribution in [2.45, 2.75) is 13.0 Å². The van der Waals surface area contributed by atoms with E-state index in [-0.39, 0.29) is 5.84 Å². The lowest BCUT2D eigenvalue weighted by atomic mass is 10.1. The second kappa shape index (κ2) is 5.58. The number of nitrogens with zero attached hydrogens (tertiary/aromatic N) is 1. The molecule has 1 atom stereocenters. The fraction of sp³-hybridized carbons (Fsp3) is 0.300. The van der Waals surface area contributed by atoms with Crippen LogP contribution >= 0.6 is 11.6 Å². The molecule has 1 aromatic carbocycles. The fourth-order valence-electron chi connectivity index (χ4n) is 1.24. The summed E-state index contributed by atoms with van der Waals surface area (Å²) >= 11 is 5.98. The summed E-state index contributed by atoms with van der Waals surface area (Å²) in [4.78, 5) is 0. The Morgan fingerprint density at radius 3 is 2.80 bits per heavy atom.